The van der Waals surface area contributed by atoms with Gasteiger partial charge in [-0.15, -0.1) is 0 Å². The minimum absolute atomic E-state index is 0.0350. The Bertz CT molecular complexity index is 381. The predicted octanol–water partition coefficient (Wildman–Crippen LogP) is 2.58. The molecule has 1 aromatic carbocycles. The lowest BCUT2D eigenvalue weighted by atomic mass is 9.94. The maximum absolute atomic E-state index is 13.2. The molecule has 1 atom stereocenters. The van der Waals surface area contributed by atoms with E-state index in [-0.39, 0.29) is 17.2 Å². The summed E-state index contributed by atoms with van der Waals surface area (Å²) in [6, 6.07) is 4.06. The molecule has 1 fully saturated rings. The summed E-state index contributed by atoms with van der Waals surface area (Å²) >= 11 is 0. The second-order valence-electron chi connectivity index (χ2n) is 4.35. The Balaban J connectivity index is 2.36. The molecule has 1 aliphatic heterocycles. The van der Waals surface area contributed by atoms with Crippen molar-refractivity contribution in [3.05, 3.63) is 29.3 Å². The highest BCUT2D eigenvalue weighted by molar-refractivity contribution is 5.40. The number of phenolic OH excluding ortho intramolecular Hbond substituents is 1. The summed E-state index contributed by atoms with van der Waals surface area (Å²) in [7, 11) is 0. The zero-order valence-electron chi connectivity index (χ0n) is 9.13. The van der Waals surface area contributed by atoms with E-state index in [1.807, 2.05) is 0 Å². The summed E-state index contributed by atoms with van der Waals surface area (Å²) in [5.41, 5.74) is 0.594. The van der Waals surface area contributed by atoms with E-state index in [9.17, 15) is 13.9 Å². The van der Waals surface area contributed by atoms with E-state index in [0.29, 0.717) is 5.56 Å². The Morgan fingerprint density at radius 2 is 2.19 bits per heavy atom. The number of aromatic hydroxyl groups is 1. The van der Waals surface area contributed by atoms with Gasteiger partial charge in [-0.25, -0.2) is 8.78 Å². The summed E-state index contributed by atoms with van der Waals surface area (Å²) < 4.78 is 26.3. The van der Waals surface area contributed by atoms with E-state index in [2.05, 4.69) is 5.32 Å². The van der Waals surface area contributed by atoms with E-state index < -0.39 is 5.92 Å². The number of nitrogens with one attached hydrogen (secondary N) is 1. The predicted molar refractivity (Wildman–Crippen MR) is 57.9 cm³/mol. The first-order chi connectivity index (χ1) is 7.48. The zero-order chi connectivity index (χ0) is 11.8. The van der Waals surface area contributed by atoms with E-state index in [4.69, 9.17) is 0 Å². The summed E-state index contributed by atoms with van der Waals surface area (Å²) in [5, 5.41) is 12.8. The van der Waals surface area contributed by atoms with Crippen molar-refractivity contribution in [3.63, 3.8) is 0 Å². The lowest BCUT2D eigenvalue weighted by Crippen LogP contribution is -2.10. The number of hydrogen-bond acceptors (Lipinski definition) is 2. The van der Waals surface area contributed by atoms with Gasteiger partial charge in [-0.05, 0) is 36.7 Å². The van der Waals surface area contributed by atoms with E-state index >= 15 is 0 Å². The second-order valence-corrected chi connectivity index (χ2v) is 4.35. The topological polar surface area (TPSA) is 32.3 Å². The molecule has 0 bridgehead atoms. The minimum Gasteiger partial charge on any atom is -0.508 e. The fourth-order valence-corrected chi connectivity index (χ4v) is 2.07. The summed E-state index contributed by atoms with van der Waals surface area (Å²) in [6.07, 6.45) is 0.881. The summed E-state index contributed by atoms with van der Waals surface area (Å²) in [5.74, 6) is -2.60. The van der Waals surface area contributed by atoms with Crippen LogP contribution in [0.5, 0.6) is 5.75 Å². The van der Waals surface area contributed by atoms with Crippen LogP contribution >= 0.6 is 0 Å². The highest BCUT2D eigenvalue weighted by Crippen LogP contribution is 2.35. The van der Waals surface area contributed by atoms with Crippen LogP contribution in [0.1, 0.15) is 30.4 Å². The average molecular weight is 227 g/mol. The average Bonchev–Trinajstić information content (AvgIpc) is 2.69. The fraction of sp³-hybridized carbons (Fsp3) is 0.500. The van der Waals surface area contributed by atoms with Gasteiger partial charge in [0.25, 0.3) is 5.92 Å². The molecule has 2 rings (SSSR count). The fourth-order valence-electron chi connectivity index (χ4n) is 2.07. The SMILES string of the molecule is CC(F)(F)c1ccc(O)c(C2CCNC2)c1. The third-order valence-corrected chi connectivity index (χ3v) is 3.03. The maximum Gasteiger partial charge on any atom is 0.270 e. The highest BCUT2D eigenvalue weighted by atomic mass is 19.3. The van der Waals surface area contributed by atoms with Crippen molar-refractivity contribution in [1.82, 2.24) is 5.32 Å². The number of hydrogen-bond donors (Lipinski definition) is 2. The molecule has 1 aliphatic rings. The molecule has 1 unspecified atom stereocenters. The first kappa shape index (κ1) is 11.3. The van der Waals surface area contributed by atoms with Gasteiger partial charge in [-0.2, -0.15) is 0 Å². The third-order valence-electron chi connectivity index (χ3n) is 3.03. The van der Waals surface area contributed by atoms with Crippen molar-refractivity contribution in [2.75, 3.05) is 13.1 Å². The summed E-state index contributed by atoms with van der Waals surface area (Å²) in [4.78, 5) is 0. The smallest absolute Gasteiger partial charge is 0.270 e. The van der Waals surface area contributed by atoms with E-state index in [1.165, 1.54) is 18.2 Å². The van der Waals surface area contributed by atoms with Crippen molar-refractivity contribution in [3.8, 4) is 5.75 Å². The Hall–Kier alpha value is -1.16. The molecular formula is C12H15F2NO. The van der Waals surface area contributed by atoms with Crippen molar-refractivity contribution in [1.29, 1.82) is 0 Å². The van der Waals surface area contributed by atoms with Crippen molar-refractivity contribution in [2.24, 2.45) is 0 Å². The van der Waals surface area contributed by atoms with Crippen LogP contribution in [0.3, 0.4) is 0 Å². The molecule has 0 aromatic heterocycles. The van der Waals surface area contributed by atoms with Crippen LogP contribution < -0.4 is 5.32 Å². The normalized spacial score (nSPS) is 21.3. The van der Waals surface area contributed by atoms with Gasteiger partial charge in [0.1, 0.15) is 5.75 Å². The Labute approximate surface area is 93.3 Å². The largest absolute Gasteiger partial charge is 0.508 e. The third kappa shape index (κ3) is 2.16. The van der Waals surface area contributed by atoms with Gasteiger partial charge < -0.3 is 10.4 Å². The zero-order valence-corrected chi connectivity index (χ0v) is 9.13. The standard InChI is InChI=1S/C12H15F2NO/c1-12(13,14)9-2-3-11(16)10(6-9)8-4-5-15-7-8/h2-3,6,8,15-16H,4-5,7H2,1H3. The van der Waals surface area contributed by atoms with Gasteiger partial charge in [0.2, 0.25) is 0 Å². The number of benzene rings is 1. The quantitative estimate of drug-likeness (QED) is 0.813. The molecule has 88 valence electrons. The van der Waals surface area contributed by atoms with Crippen LogP contribution in [-0.2, 0) is 5.92 Å². The minimum atomic E-state index is -2.85. The van der Waals surface area contributed by atoms with Crippen LogP contribution in [0.2, 0.25) is 0 Å². The second kappa shape index (κ2) is 4.01. The van der Waals surface area contributed by atoms with Gasteiger partial charge in [0.05, 0.1) is 0 Å². The van der Waals surface area contributed by atoms with Gasteiger partial charge in [-0.1, -0.05) is 0 Å². The molecule has 16 heavy (non-hydrogen) atoms. The van der Waals surface area contributed by atoms with Crippen LogP contribution in [0, 0.1) is 0 Å². The molecule has 0 amide bonds. The van der Waals surface area contributed by atoms with Crippen molar-refractivity contribution >= 4 is 0 Å². The van der Waals surface area contributed by atoms with E-state index in [0.717, 1.165) is 26.4 Å². The molecule has 1 heterocycles. The highest BCUT2D eigenvalue weighted by Gasteiger charge is 2.27. The Morgan fingerprint density at radius 3 is 2.75 bits per heavy atom. The first-order valence-electron chi connectivity index (χ1n) is 5.40. The molecule has 0 radical (unpaired) electrons. The molecule has 0 spiro atoms. The van der Waals surface area contributed by atoms with Crippen molar-refractivity contribution in [2.45, 2.75) is 25.2 Å². The van der Waals surface area contributed by atoms with Crippen LogP contribution in [-0.4, -0.2) is 18.2 Å². The van der Waals surface area contributed by atoms with Gasteiger partial charge in [0.15, 0.2) is 0 Å². The van der Waals surface area contributed by atoms with Crippen LogP contribution in [0.4, 0.5) is 8.78 Å². The molecule has 4 heteroatoms. The van der Waals surface area contributed by atoms with Crippen LogP contribution in [0.25, 0.3) is 0 Å². The molecule has 0 saturated carbocycles. The van der Waals surface area contributed by atoms with Crippen LogP contribution in [0.15, 0.2) is 18.2 Å². The molecule has 2 N–H and O–H groups in total. The van der Waals surface area contributed by atoms with E-state index in [1.54, 1.807) is 0 Å². The number of rotatable bonds is 2. The maximum atomic E-state index is 13.2. The van der Waals surface area contributed by atoms with Crippen molar-refractivity contribution < 1.29 is 13.9 Å². The monoisotopic (exact) mass is 227 g/mol. The Morgan fingerprint density at radius 1 is 1.44 bits per heavy atom. The van der Waals surface area contributed by atoms with Gasteiger partial charge >= 0.3 is 0 Å². The van der Waals surface area contributed by atoms with Gasteiger partial charge in [-0.3, -0.25) is 0 Å². The molecular weight excluding hydrogens is 212 g/mol. The first-order valence-corrected chi connectivity index (χ1v) is 5.40. The molecule has 2 nitrogen and oxygen atoms in total. The molecule has 1 saturated heterocycles. The number of phenols is 1. The number of halogens is 2. The summed E-state index contributed by atoms with van der Waals surface area (Å²) in [6.45, 7) is 2.49. The lowest BCUT2D eigenvalue weighted by Gasteiger charge is -2.16. The molecule has 0 aliphatic carbocycles. The lowest BCUT2D eigenvalue weighted by molar-refractivity contribution is 0.0173. The Kier molecular flexibility index (Phi) is 2.84. The molecule has 1 aromatic rings. The van der Waals surface area contributed by atoms with Gasteiger partial charge in [0, 0.05) is 24.9 Å². The number of alkyl halides is 2.